The Balaban J connectivity index is 1.69. The van der Waals surface area contributed by atoms with E-state index >= 15 is 0 Å². The Morgan fingerprint density at radius 1 is 1.00 bits per heavy atom. The van der Waals surface area contributed by atoms with Crippen molar-refractivity contribution in [2.75, 3.05) is 20.6 Å². The van der Waals surface area contributed by atoms with Crippen molar-refractivity contribution < 1.29 is 13.5 Å². The smallest absolute Gasteiger partial charge is 0.200 e. The summed E-state index contributed by atoms with van der Waals surface area (Å²) in [6.07, 6.45) is 2.08. The molecule has 0 aliphatic carbocycles. The zero-order chi connectivity index (χ0) is 21.8. The van der Waals surface area contributed by atoms with Crippen molar-refractivity contribution in [3.05, 3.63) is 101 Å². The second-order valence-corrected chi connectivity index (χ2v) is 7.75. The van der Waals surface area contributed by atoms with Gasteiger partial charge in [-0.25, -0.2) is 4.39 Å². The SMILES string of the molecule is CN(C)CCC(Oc1ccc2occ(-c3ccc(F)cc3)c(=O)c2c1)c1ccccc1. The minimum Gasteiger partial charge on any atom is -0.486 e. The normalized spacial score (nSPS) is 12.3. The Hall–Kier alpha value is -3.44. The first-order valence-corrected chi connectivity index (χ1v) is 10.2. The van der Waals surface area contributed by atoms with Crippen LogP contribution in [0.1, 0.15) is 18.1 Å². The van der Waals surface area contributed by atoms with E-state index in [1.165, 1.54) is 18.4 Å². The van der Waals surface area contributed by atoms with Crippen molar-refractivity contribution >= 4 is 11.0 Å². The molecule has 0 bridgehead atoms. The molecule has 158 valence electrons. The van der Waals surface area contributed by atoms with Gasteiger partial charge in [0, 0.05) is 13.0 Å². The van der Waals surface area contributed by atoms with E-state index in [2.05, 4.69) is 4.90 Å². The van der Waals surface area contributed by atoms with Crippen molar-refractivity contribution in [1.82, 2.24) is 4.90 Å². The fraction of sp³-hybridized carbons (Fsp3) is 0.192. The van der Waals surface area contributed by atoms with Crippen LogP contribution in [0, 0.1) is 5.82 Å². The van der Waals surface area contributed by atoms with Crippen molar-refractivity contribution in [1.29, 1.82) is 0 Å². The fourth-order valence-corrected chi connectivity index (χ4v) is 3.51. The molecule has 0 radical (unpaired) electrons. The van der Waals surface area contributed by atoms with Crippen molar-refractivity contribution in [2.45, 2.75) is 12.5 Å². The third-order valence-corrected chi connectivity index (χ3v) is 5.19. The standard InChI is InChI=1S/C26H24FNO3/c1-28(2)15-14-24(19-6-4-3-5-7-19)31-21-12-13-25-22(16-21)26(29)23(17-30-25)18-8-10-20(27)11-9-18/h3-13,16-17,24H,14-15H2,1-2H3. The number of hydrogen-bond donors (Lipinski definition) is 0. The van der Waals surface area contributed by atoms with Gasteiger partial charge in [-0.05, 0) is 55.6 Å². The van der Waals surface area contributed by atoms with Gasteiger partial charge in [0.25, 0.3) is 0 Å². The number of halogens is 1. The summed E-state index contributed by atoms with van der Waals surface area (Å²) in [6, 6.07) is 21.1. The maximum atomic E-state index is 13.3. The Morgan fingerprint density at radius 2 is 1.74 bits per heavy atom. The zero-order valence-electron chi connectivity index (χ0n) is 17.5. The second kappa shape index (κ2) is 9.14. The van der Waals surface area contributed by atoms with E-state index in [4.69, 9.17) is 9.15 Å². The van der Waals surface area contributed by atoms with Crippen LogP contribution in [0.5, 0.6) is 5.75 Å². The first-order valence-electron chi connectivity index (χ1n) is 10.2. The lowest BCUT2D eigenvalue weighted by molar-refractivity contribution is 0.179. The van der Waals surface area contributed by atoms with E-state index in [1.54, 1.807) is 24.3 Å². The van der Waals surface area contributed by atoms with Gasteiger partial charge in [0.15, 0.2) is 0 Å². The zero-order valence-corrected chi connectivity index (χ0v) is 17.5. The topological polar surface area (TPSA) is 42.7 Å². The van der Waals surface area contributed by atoms with Gasteiger partial charge in [-0.3, -0.25) is 4.79 Å². The largest absolute Gasteiger partial charge is 0.486 e. The molecule has 0 amide bonds. The van der Waals surface area contributed by atoms with Gasteiger partial charge in [0.1, 0.15) is 29.5 Å². The first kappa shape index (κ1) is 20.8. The molecule has 0 spiro atoms. The summed E-state index contributed by atoms with van der Waals surface area (Å²) >= 11 is 0. The summed E-state index contributed by atoms with van der Waals surface area (Å²) < 4.78 is 25.3. The van der Waals surface area contributed by atoms with Crippen molar-refractivity contribution in [2.24, 2.45) is 0 Å². The second-order valence-electron chi connectivity index (χ2n) is 7.75. The predicted molar refractivity (Wildman–Crippen MR) is 121 cm³/mol. The third-order valence-electron chi connectivity index (χ3n) is 5.19. The average Bonchev–Trinajstić information content (AvgIpc) is 2.78. The highest BCUT2D eigenvalue weighted by Gasteiger charge is 2.16. The lowest BCUT2D eigenvalue weighted by Crippen LogP contribution is -2.18. The van der Waals surface area contributed by atoms with Crippen LogP contribution < -0.4 is 10.2 Å². The van der Waals surface area contributed by atoms with Gasteiger partial charge in [-0.15, -0.1) is 0 Å². The van der Waals surface area contributed by atoms with Crippen LogP contribution in [0.25, 0.3) is 22.1 Å². The van der Waals surface area contributed by atoms with E-state index in [9.17, 15) is 9.18 Å². The Morgan fingerprint density at radius 3 is 2.45 bits per heavy atom. The number of benzene rings is 3. The highest BCUT2D eigenvalue weighted by molar-refractivity contribution is 5.82. The molecule has 0 N–H and O–H groups in total. The molecule has 0 fully saturated rings. The van der Waals surface area contributed by atoms with Gasteiger partial charge in [0.2, 0.25) is 5.43 Å². The monoisotopic (exact) mass is 417 g/mol. The Bertz CT molecular complexity index is 1220. The molecule has 0 saturated heterocycles. The molecule has 5 heteroatoms. The molecule has 3 aromatic carbocycles. The number of hydrogen-bond acceptors (Lipinski definition) is 4. The minimum atomic E-state index is -0.353. The molecule has 0 saturated carbocycles. The van der Waals surface area contributed by atoms with Gasteiger partial charge in [-0.2, -0.15) is 0 Å². The first-order chi connectivity index (χ1) is 15.0. The van der Waals surface area contributed by atoms with Crippen LogP contribution in [0.15, 0.2) is 88.3 Å². The molecule has 1 aromatic heterocycles. The predicted octanol–water partition coefficient (Wildman–Crippen LogP) is 5.67. The Kier molecular flexibility index (Phi) is 6.14. The average molecular weight is 417 g/mol. The van der Waals surface area contributed by atoms with Gasteiger partial charge < -0.3 is 14.1 Å². The Labute approximate surface area is 180 Å². The third kappa shape index (κ3) is 4.84. The maximum absolute atomic E-state index is 13.3. The lowest BCUT2D eigenvalue weighted by Gasteiger charge is -2.21. The fourth-order valence-electron chi connectivity index (χ4n) is 3.51. The van der Waals surface area contributed by atoms with E-state index in [1.807, 2.05) is 50.5 Å². The van der Waals surface area contributed by atoms with Crippen LogP contribution in [0.3, 0.4) is 0 Å². The summed E-state index contributed by atoms with van der Waals surface area (Å²) in [6.45, 7) is 0.865. The van der Waals surface area contributed by atoms with E-state index in [0.29, 0.717) is 27.8 Å². The maximum Gasteiger partial charge on any atom is 0.200 e. The van der Waals surface area contributed by atoms with Crippen molar-refractivity contribution in [3.8, 4) is 16.9 Å². The highest BCUT2D eigenvalue weighted by atomic mass is 19.1. The highest BCUT2D eigenvalue weighted by Crippen LogP contribution is 2.28. The van der Waals surface area contributed by atoms with Gasteiger partial charge in [-0.1, -0.05) is 42.5 Å². The summed E-state index contributed by atoms with van der Waals surface area (Å²) in [7, 11) is 4.06. The number of nitrogens with zero attached hydrogens (tertiary/aromatic N) is 1. The van der Waals surface area contributed by atoms with Crippen LogP contribution in [-0.4, -0.2) is 25.5 Å². The quantitative estimate of drug-likeness (QED) is 0.389. The molecule has 1 atom stereocenters. The van der Waals surface area contributed by atoms with Crippen LogP contribution in [-0.2, 0) is 0 Å². The molecule has 1 unspecified atom stereocenters. The summed E-state index contributed by atoms with van der Waals surface area (Å²) in [5.74, 6) is 0.248. The minimum absolute atomic E-state index is 0.145. The van der Waals surface area contributed by atoms with Crippen LogP contribution >= 0.6 is 0 Å². The molecule has 31 heavy (non-hydrogen) atoms. The summed E-state index contributed by atoms with van der Waals surface area (Å²) in [4.78, 5) is 15.2. The van der Waals surface area contributed by atoms with Crippen molar-refractivity contribution in [3.63, 3.8) is 0 Å². The van der Waals surface area contributed by atoms with Crippen LogP contribution in [0.2, 0.25) is 0 Å². The molecule has 4 nitrogen and oxygen atoms in total. The number of ether oxygens (including phenoxy) is 1. The van der Waals surface area contributed by atoms with E-state index in [0.717, 1.165) is 18.5 Å². The number of rotatable bonds is 7. The summed E-state index contributed by atoms with van der Waals surface area (Å²) in [5, 5.41) is 0.429. The van der Waals surface area contributed by atoms with Gasteiger partial charge in [0.05, 0.1) is 10.9 Å². The lowest BCUT2D eigenvalue weighted by atomic mass is 10.0. The van der Waals surface area contributed by atoms with Crippen LogP contribution in [0.4, 0.5) is 4.39 Å². The van der Waals surface area contributed by atoms with E-state index in [-0.39, 0.29) is 17.3 Å². The molecular weight excluding hydrogens is 393 g/mol. The van der Waals surface area contributed by atoms with Gasteiger partial charge >= 0.3 is 0 Å². The molecule has 0 aliphatic rings. The molecular formula is C26H24FNO3. The molecule has 1 heterocycles. The molecule has 4 aromatic rings. The molecule has 0 aliphatic heterocycles. The number of fused-ring (bicyclic) bond motifs is 1. The molecule has 4 rings (SSSR count). The summed E-state index contributed by atoms with van der Waals surface area (Å²) in [5.41, 5.74) is 2.38. The van der Waals surface area contributed by atoms with E-state index < -0.39 is 0 Å².